The first-order valence-corrected chi connectivity index (χ1v) is 7.60. The lowest BCUT2D eigenvalue weighted by Crippen LogP contribution is -2.47. The van der Waals surface area contributed by atoms with Crippen LogP contribution >= 0.6 is 0 Å². The van der Waals surface area contributed by atoms with E-state index in [0.29, 0.717) is 5.41 Å². The van der Waals surface area contributed by atoms with E-state index in [1.54, 1.807) is 12.7 Å². The van der Waals surface area contributed by atoms with Gasteiger partial charge >= 0.3 is 0 Å². The van der Waals surface area contributed by atoms with E-state index in [9.17, 15) is 4.79 Å². The van der Waals surface area contributed by atoms with Crippen LogP contribution in [0.4, 0.5) is 0 Å². The smallest absolute Gasteiger partial charge is 0.248 e. The maximum Gasteiger partial charge on any atom is 0.248 e. The highest BCUT2D eigenvalue weighted by atomic mass is 16.5. The molecule has 1 amide bonds. The van der Waals surface area contributed by atoms with E-state index >= 15 is 0 Å². The molecule has 108 valence electrons. The lowest BCUT2D eigenvalue weighted by molar-refractivity contribution is -0.136. The maximum atomic E-state index is 11.9. The normalized spacial score (nSPS) is 20.8. The number of amides is 1. The highest BCUT2D eigenvalue weighted by molar-refractivity contribution is 5.77. The summed E-state index contributed by atoms with van der Waals surface area (Å²) in [4.78, 5) is 13.9. The van der Waals surface area contributed by atoms with Crippen molar-refractivity contribution >= 4 is 5.91 Å². The fraction of sp³-hybridized carbons (Fsp3) is 0.588. The molecular formula is C17H23NO2. The minimum Gasteiger partial charge on any atom is -0.375 e. The van der Waals surface area contributed by atoms with Gasteiger partial charge in [0.05, 0.1) is 0 Å². The van der Waals surface area contributed by atoms with Gasteiger partial charge in [0.15, 0.2) is 0 Å². The van der Waals surface area contributed by atoms with Crippen LogP contribution in [0, 0.1) is 0 Å². The third-order valence-corrected chi connectivity index (χ3v) is 5.03. The van der Waals surface area contributed by atoms with Crippen molar-refractivity contribution in [2.75, 3.05) is 26.8 Å². The van der Waals surface area contributed by atoms with E-state index in [4.69, 9.17) is 4.74 Å². The van der Waals surface area contributed by atoms with Crippen molar-refractivity contribution in [3.05, 3.63) is 35.4 Å². The number of carbonyl (C=O) groups excluding carboxylic acids is 1. The summed E-state index contributed by atoms with van der Waals surface area (Å²) in [6.45, 7) is 1.96. The van der Waals surface area contributed by atoms with Crippen LogP contribution in [-0.4, -0.2) is 37.6 Å². The van der Waals surface area contributed by atoms with Crippen LogP contribution in [0.5, 0.6) is 0 Å². The number of rotatable bonds is 2. The zero-order valence-electron chi connectivity index (χ0n) is 12.2. The Morgan fingerprint density at radius 3 is 2.75 bits per heavy atom. The number of carbonyl (C=O) groups is 1. The number of aryl methyl sites for hydroxylation is 1. The van der Waals surface area contributed by atoms with Crippen LogP contribution in [0.15, 0.2) is 24.3 Å². The van der Waals surface area contributed by atoms with Crippen molar-refractivity contribution in [2.24, 2.45) is 0 Å². The molecule has 1 saturated heterocycles. The average Bonchev–Trinajstić information content (AvgIpc) is 2.49. The van der Waals surface area contributed by atoms with Crippen molar-refractivity contribution < 1.29 is 9.53 Å². The number of hydrogen-bond acceptors (Lipinski definition) is 2. The topological polar surface area (TPSA) is 29.5 Å². The minimum atomic E-state index is 0.131. The number of fused-ring (bicyclic) bond motifs is 2. The second kappa shape index (κ2) is 5.57. The van der Waals surface area contributed by atoms with Gasteiger partial charge in [0.2, 0.25) is 5.91 Å². The van der Waals surface area contributed by atoms with Gasteiger partial charge in [0, 0.05) is 20.2 Å². The van der Waals surface area contributed by atoms with Gasteiger partial charge in [-0.15, -0.1) is 0 Å². The molecule has 0 bridgehead atoms. The fourth-order valence-electron chi connectivity index (χ4n) is 3.93. The van der Waals surface area contributed by atoms with E-state index < -0.39 is 0 Å². The van der Waals surface area contributed by atoms with Crippen molar-refractivity contribution in [3.63, 3.8) is 0 Å². The monoisotopic (exact) mass is 273 g/mol. The fourth-order valence-corrected chi connectivity index (χ4v) is 3.93. The second-order valence-electron chi connectivity index (χ2n) is 6.10. The number of ether oxygens (including phenoxy) is 1. The molecule has 1 aromatic carbocycles. The van der Waals surface area contributed by atoms with Crippen LogP contribution in [0.3, 0.4) is 0 Å². The van der Waals surface area contributed by atoms with E-state index in [-0.39, 0.29) is 12.5 Å². The standard InChI is InChI=1S/C17H23NO2/c1-20-13-16(19)18-11-9-17(10-12-18)8-4-6-14-5-2-3-7-15(14)17/h2-3,5,7H,4,6,8-13H2,1H3. The summed E-state index contributed by atoms with van der Waals surface area (Å²) >= 11 is 0. The second-order valence-corrected chi connectivity index (χ2v) is 6.10. The Kier molecular flexibility index (Phi) is 3.79. The van der Waals surface area contributed by atoms with Crippen molar-refractivity contribution in [2.45, 2.75) is 37.5 Å². The molecule has 0 radical (unpaired) electrons. The number of likely N-dealkylation sites (tertiary alicyclic amines) is 1. The number of benzene rings is 1. The molecule has 3 nitrogen and oxygen atoms in total. The third-order valence-electron chi connectivity index (χ3n) is 5.03. The summed E-state index contributed by atoms with van der Waals surface area (Å²) in [5, 5.41) is 0. The lowest BCUT2D eigenvalue weighted by Gasteiger charge is -2.45. The highest BCUT2D eigenvalue weighted by Crippen LogP contribution is 2.44. The summed E-state index contributed by atoms with van der Waals surface area (Å²) < 4.78 is 4.96. The Labute approximate surface area is 120 Å². The summed E-state index contributed by atoms with van der Waals surface area (Å²) in [6, 6.07) is 8.89. The van der Waals surface area contributed by atoms with Crippen LogP contribution in [0.1, 0.15) is 36.8 Å². The molecule has 1 spiro atoms. The Balaban J connectivity index is 1.76. The molecule has 0 N–H and O–H groups in total. The van der Waals surface area contributed by atoms with Gasteiger partial charge in [-0.3, -0.25) is 4.79 Å². The minimum absolute atomic E-state index is 0.131. The number of hydrogen-bond donors (Lipinski definition) is 0. The van der Waals surface area contributed by atoms with Gasteiger partial charge in [0.25, 0.3) is 0 Å². The van der Waals surface area contributed by atoms with Crippen LogP contribution in [-0.2, 0) is 21.4 Å². The van der Waals surface area contributed by atoms with Gasteiger partial charge < -0.3 is 9.64 Å². The lowest BCUT2D eigenvalue weighted by atomic mass is 9.65. The van der Waals surface area contributed by atoms with Crippen molar-refractivity contribution in [1.29, 1.82) is 0 Å². The molecule has 2 aliphatic rings. The molecule has 1 aromatic rings. The molecule has 20 heavy (non-hydrogen) atoms. The molecule has 0 aromatic heterocycles. The van der Waals surface area contributed by atoms with Crippen LogP contribution in [0.25, 0.3) is 0 Å². The zero-order chi connectivity index (χ0) is 14.0. The SMILES string of the molecule is COCC(=O)N1CCC2(CCCc3ccccc32)CC1. The predicted octanol–water partition coefficient (Wildman–Crippen LogP) is 2.53. The molecule has 1 aliphatic heterocycles. The van der Waals surface area contributed by atoms with Crippen LogP contribution in [0.2, 0.25) is 0 Å². The zero-order valence-corrected chi connectivity index (χ0v) is 12.2. The molecule has 0 saturated carbocycles. The Morgan fingerprint density at radius 1 is 1.25 bits per heavy atom. The molecule has 3 rings (SSSR count). The molecule has 1 fully saturated rings. The summed E-state index contributed by atoms with van der Waals surface area (Å²) in [6.07, 6.45) is 5.96. The van der Waals surface area contributed by atoms with Gasteiger partial charge in [0.1, 0.15) is 6.61 Å². The average molecular weight is 273 g/mol. The first-order valence-electron chi connectivity index (χ1n) is 7.60. The van der Waals surface area contributed by atoms with E-state index in [1.165, 1.54) is 24.8 Å². The van der Waals surface area contributed by atoms with Gasteiger partial charge in [-0.2, -0.15) is 0 Å². The molecule has 1 aliphatic carbocycles. The Morgan fingerprint density at radius 2 is 2.00 bits per heavy atom. The maximum absolute atomic E-state index is 11.9. The highest BCUT2D eigenvalue weighted by Gasteiger charge is 2.39. The largest absolute Gasteiger partial charge is 0.375 e. The first-order chi connectivity index (χ1) is 9.75. The first kappa shape index (κ1) is 13.6. The molecule has 0 atom stereocenters. The molecular weight excluding hydrogens is 250 g/mol. The number of piperidine rings is 1. The summed E-state index contributed by atoms with van der Waals surface area (Å²) in [7, 11) is 1.58. The summed E-state index contributed by atoms with van der Waals surface area (Å²) in [5.74, 6) is 0.131. The van der Waals surface area contributed by atoms with Crippen molar-refractivity contribution in [1.82, 2.24) is 4.90 Å². The molecule has 3 heteroatoms. The van der Waals surface area contributed by atoms with E-state index in [0.717, 1.165) is 25.9 Å². The quantitative estimate of drug-likeness (QED) is 0.828. The van der Waals surface area contributed by atoms with Gasteiger partial charge in [-0.1, -0.05) is 24.3 Å². The third kappa shape index (κ3) is 2.35. The summed E-state index contributed by atoms with van der Waals surface area (Å²) in [5.41, 5.74) is 3.39. The number of methoxy groups -OCH3 is 1. The molecule has 0 unspecified atom stereocenters. The van der Waals surface area contributed by atoms with Crippen LogP contribution < -0.4 is 0 Å². The molecule has 1 heterocycles. The number of nitrogens with zero attached hydrogens (tertiary/aromatic N) is 1. The van der Waals surface area contributed by atoms with Gasteiger partial charge in [-0.05, 0) is 48.6 Å². The Hall–Kier alpha value is -1.35. The van der Waals surface area contributed by atoms with E-state index in [1.807, 2.05) is 4.90 Å². The van der Waals surface area contributed by atoms with Gasteiger partial charge in [-0.25, -0.2) is 0 Å². The van der Waals surface area contributed by atoms with E-state index in [2.05, 4.69) is 24.3 Å². The van der Waals surface area contributed by atoms with Crippen molar-refractivity contribution in [3.8, 4) is 0 Å². The predicted molar refractivity (Wildman–Crippen MR) is 78.7 cm³/mol. The Bertz CT molecular complexity index is 490.